The van der Waals surface area contributed by atoms with Crippen molar-refractivity contribution in [3.63, 3.8) is 0 Å². The topological polar surface area (TPSA) is 18.5 Å². The van der Waals surface area contributed by atoms with Crippen molar-refractivity contribution in [2.75, 3.05) is 0 Å². The van der Waals surface area contributed by atoms with Gasteiger partial charge in [-0.05, 0) is 31.1 Å². The van der Waals surface area contributed by atoms with Gasteiger partial charge in [-0.2, -0.15) is 0 Å². The lowest BCUT2D eigenvalue weighted by Crippen LogP contribution is -2.42. The summed E-state index contributed by atoms with van der Waals surface area (Å²) in [6, 6.07) is 0. The van der Waals surface area contributed by atoms with Gasteiger partial charge in [-0.3, -0.25) is 0 Å². The van der Waals surface area contributed by atoms with Crippen LogP contribution in [0.25, 0.3) is 0 Å². The molecule has 1 aliphatic carbocycles. The summed E-state index contributed by atoms with van der Waals surface area (Å²) in [5.41, 5.74) is 0.344. The van der Waals surface area contributed by atoms with Crippen LogP contribution in [0.4, 0.5) is 0 Å². The molecule has 88 valence electrons. The molecule has 2 unspecified atom stereocenters. The van der Waals surface area contributed by atoms with E-state index < -0.39 is 0 Å². The van der Waals surface area contributed by atoms with Gasteiger partial charge in [0, 0.05) is 6.42 Å². The molecule has 0 aromatic rings. The van der Waals surface area contributed by atoms with Crippen molar-refractivity contribution in [1.29, 1.82) is 0 Å². The second kappa shape index (κ2) is 4.42. The summed E-state index contributed by atoms with van der Waals surface area (Å²) < 4.78 is 11.9. The Kier molecular flexibility index (Phi) is 3.36. The van der Waals surface area contributed by atoms with Crippen molar-refractivity contribution in [2.45, 2.75) is 77.8 Å². The smallest absolute Gasteiger partial charge is 0.158 e. The van der Waals surface area contributed by atoms with E-state index in [0.29, 0.717) is 17.6 Å². The van der Waals surface area contributed by atoms with Crippen LogP contribution in [0.1, 0.15) is 59.3 Å². The van der Waals surface area contributed by atoms with E-state index in [4.69, 9.17) is 9.47 Å². The molecular formula is C13H24O2. The highest BCUT2D eigenvalue weighted by Gasteiger charge is 2.35. The van der Waals surface area contributed by atoms with Crippen LogP contribution in [0.2, 0.25) is 0 Å². The Balaban J connectivity index is 1.89. The SMILES string of the molecule is CCC(C)(C)CC1OC2CCCC(C2)O1. The molecule has 1 aliphatic heterocycles. The summed E-state index contributed by atoms with van der Waals surface area (Å²) in [5.74, 6) is 0. The fourth-order valence-corrected chi connectivity index (χ4v) is 2.50. The third kappa shape index (κ3) is 2.94. The number of ether oxygens (including phenoxy) is 2. The average Bonchev–Trinajstić information content (AvgIpc) is 2.16. The maximum Gasteiger partial charge on any atom is 0.158 e. The molecule has 0 N–H and O–H groups in total. The molecule has 2 rings (SSSR count). The maximum atomic E-state index is 5.97. The zero-order valence-corrected chi connectivity index (χ0v) is 10.3. The lowest BCUT2D eigenvalue weighted by atomic mass is 9.85. The van der Waals surface area contributed by atoms with Gasteiger partial charge >= 0.3 is 0 Å². The highest BCUT2D eigenvalue weighted by molar-refractivity contribution is 4.80. The fraction of sp³-hybridized carbons (Fsp3) is 1.00. The molecule has 2 atom stereocenters. The minimum Gasteiger partial charge on any atom is -0.349 e. The zero-order chi connectivity index (χ0) is 10.9. The molecule has 2 heteroatoms. The summed E-state index contributed by atoms with van der Waals surface area (Å²) in [6.45, 7) is 6.83. The first-order chi connectivity index (χ1) is 7.09. The molecule has 0 amide bonds. The normalized spacial score (nSPS) is 36.6. The second-order valence-electron chi connectivity index (χ2n) is 5.83. The van der Waals surface area contributed by atoms with Crippen LogP contribution < -0.4 is 0 Å². The molecule has 0 radical (unpaired) electrons. The molecular weight excluding hydrogens is 188 g/mol. The summed E-state index contributed by atoms with van der Waals surface area (Å²) in [7, 11) is 0. The Bertz CT molecular complexity index is 201. The van der Waals surface area contributed by atoms with Gasteiger partial charge in [-0.15, -0.1) is 0 Å². The van der Waals surface area contributed by atoms with E-state index in [0.717, 1.165) is 12.8 Å². The Labute approximate surface area is 93.3 Å². The van der Waals surface area contributed by atoms with Crippen molar-refractivity contribution in [1.82, 2.24) is 0 Å². The first-order valence-corrected chi connectivity index (χ1v) is 6.40. The molecule has 0 spiro atoms. The summed E-state index contributed by atoms with van der Waals surface area (Å²) in [4.78, 5) is 0. The van der Waals surface area contributed by atoms with Crippen LogP contribution in [0.15, 0.2) is 0 Å². The Hall–Kier alpha value is -0.0800. The van der Waals surface area contributed by atoms with Crippen molar-refractivity contribution < 1.29 is 9.47 Å². The molecule has 2 bridgehead atoms. The summed E-state index contributed by atoms with van der Waals surface area (Å²) in [5, 5.41) is 0. The highest BCUT2D eigenvalue weighted by Crippen LogP contribution is 2.36. The van der Waals surface area contributed by atoms with Gasteiger partial charge in [0.05, 0.1) is 12.2 Å². The number of fused-ring (bicyclic) bond motifs is 2. The predicted molar refractivity (Wildman–Crippen MR) is 60.7 cm³/mol. The van der Waals surface area contributed by atoms with Crippen LogP contribution in [0, 0.1) is 5.41 Å². The van der Waals surface area contributed by atoms with Crippen LogP contribution in [-0.2, 0) is 9.47 Å². The standard InChI is InChI=1S/C13H24O2/c1-4-13(2,3)9-12-14-10-6-5-7-11(8-10)15-12/h10-12H,4-9H2,1-3H3. The average molecular weight is 212 g/mol. The van der Waals surface area contributed by atoms with E-state index in [9.17, 15) is 0 Å². The molecule has 0 aromatic carbocycles. The van der Waals surface area contributed by atoms with Gasteiger partial charge in [-0.1, -0.05) is 27.2 Å². The minimum absolute atomic E-state index is 0.0593. The van der Waals surface area contributed by atoms with Gasteiger partial charge in [0.15, 0.2) is 6.29 Å². The van der Waals surface area contributed by atoms with Gasteiger partial charge in [0.2, 0.25) is 0 Å². The largest absolute Gasteiger partial charge is 0.349 e. The number of hydrogen-bond donors (Lipinski definition) is 0. The first kappa shape index (κ1) is 11.4. The van der Waals surface area contributed by atoms with Crippen LogP contribution in [-0.4, -0.2) is 18.5 Å². The molecule has 1 saturated carbocycles. The molecule has 15 heavy (non-hydrogen) atoms. The van der Waals surface area contributed by atoms with Gasteiger partial charge < -0.3 is 9.47 Å². The lowest BCUT2D eigenvalue weighted by Gasteiger charge is -2.41. The molecule has 1 heterocycles. The lowest BCUT2D eigenvalue weighted by molar-refractivity contribution is -0.265. The predicted octanol–water partition coefficient (Wildman–Crippen LogP) is 3.50. The van der Waals surface area contributed by atoms with Crippen molar-refractivity contribution in [2.24, 2.45) is 5.41 Å². The Morgan fingerprint density at radius 2 is 1.73 bits per heavy atom. The van der Waals surface area contributed by atoms with Gasteiger partial charge in [0.1, 0.15) is 0 Å². The third-order valence-corrected chi connectivity index (χ3v) is 3.94. The molecule has 2 aliphatic rings. The van der Waals surface area contributed by atoms with Crippen LogP contribution in [0.3, 0.4) is 0 Å². The molecule has 2 fully saturated rings. The number of hydrogen-bond acceptors (Lipinski definition) is 2. The monoisotopic (exact) mass is 212 g/mol. The van der Waals surface area contributed by atoms with Crippen molar-refractivity contribution in [3.05, 3.63) is 0 Å². The molecule has 0 aromatic heterocycles. The second-order valence-corrected chi connectivity index (χ2v) is 5.83. The quantitative estimate of drug-likeness (QED) is 0.713. The Morgan fingerprint density at radius 1 is 1.13 bits per heavy atom. The molecule has 2 nitrogen and oxygen atoms in total. The first-order valence-electron chi connectivity index (χ1n) is 6.40. The van der Waals surface area contributed by atoms with E-state index in [2.05, 4.69) is 20.8 Å². The fourth-order valence-electron chi connectivity index (χ4n) is 2.50. The van der Waals surface area contributed by atoms with E-state index in [1.807, 2.05) is 0 Å². The summed E-state index contributed by atoms with van der Waals surface area (Å²) >= 11 is 0. The summed E-state index contributed by atoms with van der Waals surface area (Å²) in [6.07, 6.45) is 8.13. The number of rotatable bonds is 3. The highest BCUT2D eigenvalue weighted by atomic mass is 16.7. The van der Waals surface area contributed by atoms with E-state index in [-0.39, 0.29) is 6.29 Å². The minimum atomic E-state index is 0.0593. The zero-order valence-electron chi connectivity index (χ0n) is 10.3. The Morgan fingerprint density at radius 3 is 2.27 bits per heavy atom. The van der Waals surface area contributed by atoms with Crippen molar-refractivity contribution >= 4 is 0 Å². The van der Waals surface area contributed by atoms with Gasteiger partial charge in [-0.25, -0.2) is 0 Å². The third-order valence-electron chi connectivity index (χ3n) is 3.94. The van der Waals surface area contributed by atoms with Crippen LogP contribution in [0.5, 0.6) is 0 Å². The van der Waals surface area contributed by atoms with Gasteiger partial charge in [0.25, 0.3) is 0 Å². The molecule has 1 saturated heterocycles. The van der Waals surface area contributed by atoms with E-state index >= 15 is 0 Å². The van der Waals surface area contributed by atoms with E-state index in [1.54, 1.807) is 0 Å². The van der Waals surface area contributed by atoms with Crippen LogP contribution >= 0.6 is 0 Å². The van der Waals surface area contributed by atoms with E-state index in [1.165, 1.54) is 25.7 Å². The van der Waals surface area contributed by atoms with Crippen molar-refractivity contribution in [3.8, 4) is 0 Å². The maximum absolute atomic E-state index is 5.97.